The van der Waals surface area contributed by atoms with E-state index in [9.17, 15) is 9.59 Å². The molecule has 0 fully saturated rings. The van der Waals surface area contributed by atoms with Crippen LogP contribution < -0.4 is 10.1 Å². The number of rotatable bonds is 8. The second-order valence-electron chi connectivity index (χ2n) is 6.95. The molecule has 6 nitrogen and oxygen atoms in total. The average Bonchev–Trinajstić information content (AvgIpc) is 3.09. The van der Waals surface area contributed by atoms with Crippen molar-refractivity contribution in [3.8, 4) is 17.0 Å². The van der Waals surface area contributed by atoms with E-state index in [1.165, 1.54) is 7.11 Å². The summed E-state index contributed by atoms with van der Waals surface area (Å²) in [6, 6.07) is 16.8. The monoisotopic (exact) mass is 426 g/mol. The molecule has 156 valence electrons. The maximum absolute atomic E-state index is 12.8. The molecule has 3 aromatic rings. The summed E-state index contributed by atoms with van der Waals surface area (Å²) in [4.78, 5) is 23.8. The van der Waals surface area contributed by atoms with E-state index in [1.807, 2.05) is 47.9 Å². The summed E-state index contributed by atoms with van der Waals surface area (Å²) >= 11 is 6.13. The highest BCUT2D eigenvalue weighted by molar-refractivity contribution is 6.32. The average molecular weight is 427 g/mol. The molecule has 2 N–H and O–H groups in total. The zero-order chi connectivity index (χ0) is 21.7. The SMILES string of the molecule is COc1ccc(NC(=O)Cn2c(CCC(=O)O)ccc2-c2ccc(C)cc2)cc1Cl. The van der Waals surface area contributed by atoms with Crippen molar-refractivity contribution in [2.75, 3.05) is 12.4 Å². The highest BCUT2D eigenvalue weighted by Crippen LogP contribution is 2.28. The minimum atomic E-state index is -0.878. The molecule has 0 spiro atoms. The van der Waals surface area contributed by atoms with E-state index in [-0.39, 0.29) is 18.9 Å². The van der Waals surface area contributed by atoms with Crippen LogP contribution in [0.25, 0.3) is 11.3 Å². The normalized spacial score (nSPS) is 10.6. The Morgan fingerprint density at radius 1 is 1.10 bits per heavy atom. The molecular weight excluding hydrogens is 404 g/mol. The molecule has 0 saturated heterocycles. The van der Waals surface area contributed by atoms with Gasteiger partial charge in [0.05, 0.1) is 18.6 Å². The van der Waals surface area contributed by atoms with Crippen LogP contribution in [-0.2, 0) is 22.6 Å². The third-order valence-electron chi connectivity index (χ3n) is 4.75. The fraction of sp³-hybridized carbons (Fsp3) is 0.217. The molecule has 0 aliphatic rings. The van der Waals surface area contributed by atoms with Crippen molar-refractivity contribution in [1.82, 2.24) is 4.57 Å². The zero-order valence-electron chi connectivity index (χ0n) is 16.8. The topological polar surface area (TPSA) is 80.6 Å². The first kappa shape index (κ1) is 21.5. The Labute approximate surface area is 180 Å². The molecule has 7 heteroatoms. The summed E-state index contributed by atoms with van der Waals surface area (Å²) < 4.78 is 6.98. The maximum atomic E-state index is 12.8. The predicted molar refractivity (Wildman–Crippen MR) is 117 cm³/mol. The number of benzene rings is 2. The van der Waals surface area contributed by atoms with Gasteiger partial charge in [-0.2, -0.15) is 0 Å². The van der Waals surface area contributed by atoms with Crippen LogP contribution in [0.1, 0.15) is 17.7 Å². The van der Waals surface area contributed by atoms with Gasteiger partial charge in [0.15, 0.2) is 0 Å². The Bertz CT molecular complexity index is 1060. The van der Waals surface area contributed by atoms with Crippen molar-refractivity contribution in [3.05, 3.63) is 70.9 Å². The van der Waals surface area contributed by atoms with Gasteiger partial charge in [-0.05, 0) is 49.2 Å². The smallest absolute Gasteiger partial charge is 0.303 e. The number of methoxy groups -OCH3 is 1. The number of aliphatic carboxylic acids is 1. The fourth-order valence-electron chi connectivity index (χ4n) is 3.21. The zero-order valence-corrected chi connectivity index (χ0v) is 17.6. The number of ether oxygens (including phenoxy) is 1. The molecule has 0 radical (unpaired) electrons. The van der Waals surface area contributed by atoms with Crippen molar-refractivity contribution < 1.29 is 19.4 Å². The quantitative estimate of drug-likeness (QED) is 0.543. The molecule has 30 heavy (non-hydrogen) atoms. The number of aromatic nitrogens is 1. The molecule has 1 amide bonds. The number of aryl methyl sites for hydroxylation is 2. The van der Waals surface area contributed by atoms with Crippen LogP contribution in [0.3, 0.4) is 0 Å². The molecule has 0 atom stereocenters. The van der Waals surface area contributed by atoms with Gasteiger partial charge in [0.1, 0.15) is 12.3 Å². The highest BCUT2D eigenvalue weighted by Gasteiger charge is 2.15. The van der Waals surface area contributed by atoms with Crippen molar-refractivity contribution in [3.63, 3.8) is 0 Å². The van der Waals surface area contributed by atoms with Gasteiger partial charge in [-0.3, -0.25) is 9.59 Å². The van der Waals surface area contributed by atoms with E-state index >= 15 is 0 Å². The van der Waals surface area contributed by atoms with Gasteiger partial charge in [0, 0.05) is 17.1 Å². The fourth-order valence-corrected chi connectivity index (χ4v) is 3.47. The lowest BCUT2D eigenvalue weighted by molar-refractivity contribution is -0.137. The van der Waals surface area contributed by atoms with Gasteiger partial charge in [0.25, 0.3) is 0 Å². The Balaban J connectivity index is 1.85. The summed E-state index contributed by atoms with van der Waals surface area (Å²) in [5, 5.41) is 12.3. The van der Waals surface area contributed by atoms with Gasteiger partial charge in [-0.1, -0.05) is 41.4 Å². The first-order valence-electron chi connectivity index (χ1n) is 9.48. The number of carboxylic acid groups (broad SMARTS) is 1. The molecule has 0 unspecified atom stereocenters. The minimum Gasteiger partial charge on any atom is -0.495 e. The second-order valence-corrected chi connectivity index (χ2v) is 7.36. The van der Waals surface area contributed by atoms with Crippen LogP contribution in [0, 0.1) is 6.92 Å². The van der Waals surface area contributed by atoms with Gasteiger partial charge in [0.2, 0.25) is 5.91 Å². The molecule has 1 aromatic heterocycles. The number of anilines is 1. The summed E-state index contributed by atoms with van der Waals surface area (Å²) in [5.74, 6) is -0.591. The Hall–Kier alpha value is -3.25. The molecular formula is C23H23ClN2O4. The van der Waals surface area contributed by atoms with E-state index in [1.54, 1.807) is 18.2 Å². The van der Waals surface area contributed by atoms with Crippen LogP contribution >= 0.6 is 11.6 Å². The minimum absolute atomic E-state index is 0.00689. The number of halogens is 1. The van der Waals surface area contributed by atoms with E-state index < -0.39 is 5.97 Å². The number of nitrogens with one attached hydrogen (secondary N) is 1. The number of hydrogen-bond acceptors (Lipinski definition) is 3. The summed E-state index contributed by atoms with van der Waals surface area (Å²) in [5.41, 5.74) is 4.30. The van der Waals surface area contributed by atoms with Crippen LogP contribution in [-0.4, -0.2) is 28.7 Å². The van der Waals surface area contributed by atoms with Gasteiger partial charge >= 0.3 is 5.97 Å². The Morgan fingerprint density at radius 3 is 2.47 bits per heavy atom. The molecule has 0 aliphatic heterocycles. The number of amides is 1. The third kappa shape index (κ3) is 5.21. The molecule has 0 saturated carbocycles. The van der Waals surface area contributed by atoms with Crippen molar-refractivity contribution in [1.29, 1.82) is 0 Å². The lowest BCUT2D eigenvalue weighted by Crippen LogP contribution is -2.21. The molecule has 3 rings (SSSR count). The number of carboxylic acids is 1. The second kappa shape index (κ2) is 9.50. The molecule has 0 aliphatic carbocycles. The summed E-state index contributed by atoms with van der Waals surface area (Å²) in [6.07, 6.45) is 0.329. The molecule has 1 heterocycles. The van der Waals surface area contributed by atoms with Gasteiger partial charge < -0.3 is 19.7 Å². The van der Waals surface area contributed by atoms with Crippen LogP contribution in [0.15, 0.2) is 54.6 Å². The van der Waals surface area contributed by atoms with E-state index in [0.717, 1.165) is 22.5 Å². The first-order valence-corrected chi connectivity index (χ1v) is 9.86. The van der Waals surface area contributed by atoms with Crippen LogP contribution in [0.5, 0.6) is 5.75 Å². The Morgan fingerprint density at radius 2 is 1.83 bits per heavy atom. The first-order chi connectivity index (χ1) is 14.4. The maximum Gasteiger partial charge on any atom is 0.303 e. The predicted octanol–water partition coefficient (Wildman–Crippen LogP) is 4.78. The number of carbonyl (C=O) groups is 2. The van der Waals surface area contributed by atoms with Gasteiger partial charge in [-0.25, -0.2) is 0 Å². The largest absolute Gasteiger partial charge is 0.495 e. The van der Waals surface area contributed by atoms with Crippen molar-refractivity contribution in [2.24, 2.45) is 0 Å². The van der Waals surface area contributed by atoms with Gasteiger partial charge in [-0.15, -0.1) is 0 Å². The van der Waals surface area contributed by atoms with Crippen LogP contribution in [0.4, 0.5) is 5.69 Å². The molecule has 0 bridgehead atoms. The van der Waals surface area contributed by atoms with Crippen molar-refractivity contribution >= 4 is 29.2 Å². The third-order valence-corrected chi connectivity index (χ3v) is 5.05. The Kier molecular flexibility index (Phi) is 6.79. The number of hydrogen-bond donors (Lipinski definition) is 2. The van der Waals surface area contributed by atoms with Crippen molar-refractivity contribution in [2.45, 2.75) is 26.3 Å². The van der Waals surface area contributed by atoms with Crippen LogP contribution in [0.2, 0.25) is 5.02 Å². The van der Waals surface area contributed by atoms with E-state index in [4.69, 9.17) is 21.4 Å². The molecule has 2 aromatic carbocycles. The standard InChI is InChI=1S/C23H23ClN2O4/c1-15-3-5-16(6-4-15)20-10-8-18(9-12-23(28)29)26(20)14-22(27)25-17-7-11-21(30-2)19(24)13-17/h3-8,10-11,13H,9,12,14H2,1-2H3,(H,25,27)(H,28,29). The summed E-state index contributed by atoms with van der Waals surface area (Å²) in [6.45, 7) is 2.06. The number of nitrogens with zero attached hydrogens (tertiary/aromatic N) is 1. The van der Waals surface area contributed by atoms with E-state index in [2.05, 4.69) is 5.32 Å². The van der Waals surface area contributed by atoms with E-state index in [0.29, 0.717) is 22.9 Å². The number of carbonyl (C=O) groups excluding carboxylic acids is 1. The lowest BCUT2D eigenvalue weighted by Gasteiger charge is -2.14. The summed E-state index contributed by atoms with van der Waals surface area (Å²) in [7, 11) is 1.52. The highest BCUT2D eigenvalue weighted by atomic mass is 35.5. The lowest BCUT2D eigenvalue weighted by atomic mass is 10.1.